The maximum Gasteiger partial charge on any atom is 0.00507 e. The molecule has 0 aliphatic carbocycles. The van der Waals surface area contributed by atoms with Crippen LogP contribution in [-0.2, 0) is 0 Å². The second-order valence-electron chi connectivity index (χ2n) is 2.13. The molecule has 8 heavy (non-hydrogen) atoms. The molecular weight excluding hydrogens is 100 g/mol. The highest BCUT2D eigenvalue weighted by Crippen LogP contribution is 1.95. The first-order chi connectivity index (χ1) is 3.81. The lowest BCUT2D eigenvalue weighted by Gasteiger charge is -2.05. The Bertz CT molecular complexity index is 39.8. The lowest BCUT2D eigenvalue weighted by Crippen LogP contribution is -2.22. The molecule has 4 N–H and O–H groups in total. The van der Waals surface area contributed by atoms with Crippen LogP contribution in [0.1, 0.15) is 26.2 Å². The molecule has 0 spiro atoms. The van der Waals surface area contributed by atoms with Crippen LogP contribution in [0.2, 0.25) is 0 Å². The van der Waals surface area contributed by atoms with Crippen molar-refractivity contribution in [3.05, 3.63) is 0 Å². The molecule has 1 atom stereocenters. The zero-order valence-electron chi connectivity index (χ0n) is 5.56. The van der Waals surface area contributed by atoms with Gasteiger partial charge in [-0.25, -0.2) is 0 Å². The van der Waals surface area contributed by atoms with E-state index in [9.17, 15) is 0 Å². The van der Waals surface area contributed by atoms with Crippen molar-refractivity contribution in [1.82, 2.24) is 0 Å². The van der Waals surface area contributed by atoms with Crippen LogP contribution in [0.5, 0.6) is 0 Å². The van der Waals surface area contributed by atoms with Gasteiger partial charge in [0, 0.05) is 6.04 Å². The molecule has 50 valence electrons. The predicted molar refractivity (Wildman–Crippen MR) is 36.6 cm³/mol. The minimum absolute atomic E-state index is 0.338. The van der Waals surface area contributed by atoms with Gasteiger partial charge in [-0.1, -0.05) is 13.3 Å². The molecule has 2 heteroatoms. The molecular formula is C6H16N2. The van der Waals surface area contributed by atoms with Gasteiger partial charge in [0.25, 0.3) is 0 Å². The Hall–Kier alpha value is -0.0800. The molecule has 0 radical (unpaired) electrons. The summed E-state index contributed by atoms with van der Waals surface area (Å²) < 4.78 is 0. The lowest BCUT2D eigenvalue weighted by molar-refractivity contribution is 0.568. The zero-order valence-corrected chi connectivity index (χ0v) is 5.56. The van der Waals surface area contributed by atoms with Crippen LogP contribution in [-0.4, -0.2) is 12.6 Å². The topological polar surface area (TPSA) is 52.0 Å². The van der Waals surface area contributed by atoms with Gasteiger partial charge in [-0.05, 0) is 19.4 Å². The Morgan fingerprint density at radius 1 is 1.38 bits per heavy atom. The third-order valence-electron chi connectivity index (χ3n) is 1.20. The molecule has 0 heterocycles. The van der Waals surface area contributed by atoms with E-state index < -0.39 is 0 Å². The molecule has 0 aromatic heterocycles. The first-order valence-corrected chi connectivity index (χ1v) is 3.27. The van der Waals surface area contributed by atoms with E-state index in [2.05, 4.69) is 6.92 Å². The summed E-state index contributed by atoms with van der Waals surface area (Å²) in [5.74, 6) is 0. The van der Waals surface area contributed by atoms with E-state index in [1.54, 1.807) is 0 Å². The molecule has 0 aromatic rings. The Labute approximate surface area is 51.2 Å². The first kappa shape index (κ1) is 7.92. The number of rotatable bonds is 4. The second kappa shape index (κ2) is 5.06. The van der Waals surface area contributed by atoms with Gasteiger partial charge >= 0.3 is 0 Å². The highest BCUT2D eigenvalue weighted by molar-refractivity contribution is 4.59. The molecule has 0 aliphatic heterocycles. The number of hydrogen-bond donors (Lipinski definition) is 2. The fourth-order valence-corrected chi connectivity index (χ4v) is 0.729. The monoisotopic (exact) mass is 116 g/mol. The van der Waals surface area contributed by atoms with Crippen molar-refractivity contribution >= 4 is 0 Å². The van der Waals surface area contributed by atoms with Crippen LogP contribution in [0.4, 0.5) is 0 Å². The molecule has 0 aromatic carbocycles. The van der Waals surface area contributed by atoms with E-state index in [-0.39, 0.29) is 0 Å². The number of hydrogen-bond acceptors (Lipinski definition) is 2. The van der Waals surface area contributed by atoms with Gasteiger partial charge in [-0.2, -0.15) is 0 Å². The quantitative estimate of drug-likeness (QED) is 0.560. The maximum atomic E-state index is 5.61. The van der Waals surface area contributed by atoms with Crippen LogP contribution in [0.3, 0.4) is 0 Å². The van der Waals surface area contributed by atoms with Gasteiger partial charge in [0.2, 0.25) is 0 Å². The van der Waals surface area contributed by atoms with Crippen LogP contribution < -0.4 is 11.5 Å². The lowest BCUT2D eigenvalue weighted by atomic mass is 10.1. The van der Waals surface area contributed by atoms with Crippen molar-refractivity contribution in [2.75, 3.05) is 6.54 Å². The molecule has 0 saturated heterocycles. The van der Waals surface area contributed by atoms with Gasteiger partial charge in [0.05, 0.1) is 0 Å². The molecule has 2 nitrogen and oxygen atoms in total. The summed E-state index contributed by atoms with van der Waals surface area (Å²) in [6.45, 7) is 2.86. The Balaban J connectivity index is 2.92. The summed E-state index contributed by atoms with van der Waals surface area (Å²) in [5, 5.41) is 0. The van der Waals surface area contributed by atoms with Crippen molar-refractivity contribution in [2.24, 2.45) is 11.5 Å². The third kappa shape index (κ3) is 4.09. The van der Waals surface area contributed by atoms with Crippen molar-refractivity contribution in [3.8, 4) is 0 Å². The zero-order chi connectivity index (χ0) is 6.41. The minimum Gasteiger partial charge on any atom is -0.330 e. The maximum absolute atomic E-state index is 5.61. The second-order valence-corrected chi connectivity index (χ2v) is 2.13. The average molecular weight is 116 g/mol. The largest absolute Gasteiger partial charge is 0.330 e. The molecule has 0 saturated carbocycles. The molecule has 0 amide bonds. The number of nitrogens with two attached hydrogens (primary N) is 2. The molecule has 0 rings (SSSR count). The molecule has 0 aliphatic rings. The Morgan fingerprint density at radius 2 is 2.00 bits per heavy atom. The predicted octanol–water partition coefficient (Wildman–Crippen LogP) is 0.463. The van der Waals surface area contributed by atoms with Crippen LogP contribution >= 0.6 is 0 Å². The SMILES string of the molecule is CCC[C@@H](N)CCN. The highest BCUT2D eigenvalue weighted by Gasteiger charge is 1.96. The van der Waals surface area contributed by atoms with Crippen molar-refractivity contribution in [2.45, 2.75) is 32.2 Å². The van der Waals surface area contributed by atoms with Gasteiger partial charge in [-0.15, -0.1) is 0 Å². The highest BCUT2D eigenvalue weighted by atomic mass is 14.6. The van der Waals surface area contributed by atoms with Crippen LogP contribution in [0, 0.1) is 0 Å². The van der Waals surface area contributed by atoms with Gasteiger partial charge in [0.1, 0.15) is 0 Å². The van der Waals surface area contributed by atoms with E-state index in [4.69, 9.17) is 11.5 Å². The summed E-state index contributed by atoms with van der Waals surface area (Å²) in [4.78, 5) is 0. The first-order valence-electron chi connectivity index (χ1n) is 3.27. The van der Waals surface area contributed by atoms with Crippen molar-refractivity contribution in [1.29, 1.82) is 0 Å². The molecule has 0 fully saturated rings. The standard InChI is InChI=1S/C6H16N2/c1-2-3-6(8)4-5-7/h6H,2-5,7-8H2,1H3/t6-/m1/s1. The summed E-state index contributed by atoms with van der Waals surface area (Å²) in [5.41, 5.74) is 10.9. The summed E-state index contributed by atoms with van der Waals surface area (Å²) in [7, 11) is 0. The Kier molecular flexibility index (Phi) is 5.01. The smallest absolute Gasteiger partial charge is 0.00507 e. The van der Waals surface area contributed by atoms with Gasteiger partial charge in [0.15, 0.2) is 0 Å². The fraction of sp³-hybridized carbons (Fsp3) is 1.00. The van der Waals surface area contributed by atoms with Crippen LogP contribution in [0.15, 0.2) is 0 Å². The van der Waals surface area contributed by atoms with E-state index >= 15 is 0 Å². The van der Waals surface area contributed by atoms with Crippen LogP contribution in [0.25, 0.3) is 0 Å². The summed E-state index contributed by atoms with van der Waals surface area (Å²) in [6.07, 6.45) is 3.24. The minimum atomic E-state index is 0.338. The molecule has 0 unspecified atom stereocenters. The fourth-order valence-electron chi connectivity index (χ4n) is 0.729. The van der Waals surface area contributed by atoms with Gasteiger partial charge in [-0.3, -0.25) is 0 Å². The van der Waals surface area contributed by atoms with E-state index in [0.717, 1.165) is 19.4 Å². The van der Waals surface area contributed by atoms with Crippen molar-refractivity contribution < 1.29 is 0 Å². The summed E-state index contributed by atoms with van der Waals surface area (Å²) in [6, 6.07) is 0.338. The van der Waals surface area contributed by atoms with E-state index in [0.29, 0.717) is 6.04 Å². The Morgan fingerprint density at radius 3 is 2.38 bits per heavy atom. The molecule has 0 bridgehead atoms. The average Bonchev–Trinajstić information content (AvgIpc) is 1.68. The van der Waals surface area contributed by atoms with Crippen molar-refractivity contribution in [3.63, 3.8) is 0 Å². The summed E-state index contributed by atoms with van der Waals surface area (Å²) >= 11 is 0. The van der Waals surface area contributed by atoms with Gasteiger partial charge < -0.3 is 11.5 Å². The van der Waals surface area contributed by atoms with E-state index in [1.165, 1.54) is 6.42 Å². The third-order valence-corrected chi connectivity index (χ3v) is 1.20. The van der Waals surface area contributed by atoms with E-state index in [1.807, 2.05) is 0 Å². The normalized spacial score (nSPS) is 13.9.